The zero-order chi connectivity index (χ0) is 11.3. The largest absolute Gasteiger partial charge is 0.450 e. The van der Waals surface area contributed by atoms with Crippen molar-refractivity contribution >= 4 is 28.6 Å². The highest BCUT2D eigenvalue weighted by Crippen LogP contribution is 2.12. The maximum Gasteiger partial charge on any atom is 0.411 e. The molecule has 0 heterocycles. The van der Waals surface area contributed by atoms with Gasteiger partial charge in [0, 0.05) is 11.3 Å². The van der Waals surface area contributed by atoms with Gasteiger partial charge in [-0.2, -0.15) is 0 Å². The van der Waals surface area contributed by atoms with E-state index in [0.29, 0.717) is 17.9 Å². The first-order chi connectivity index (χ1) is 7.13. The lowest BCUT2D eigenvalue weighted by Crippen LogP contribution is -2.13. The molecule has 4 nitrogen and oxygen atoms in total. The van der Waals surface area contributed by atoms with Crippen molar-refractivity contribution in [2.45, 2.75) is 6.92 Å². The molecule has 1 aromatic rings. The van der Waals surface area contributed by atoms with Crippen LogP contribution in [-0.2, 0) is 4.74 Å². The van der Waals surface area contributed by atoms with Gasteiger partial charge in [0.25, 0.3) is 5.24 Å². The molecule has 0 aliphatic heterocycles. The maximum absolute atomic E-state index is 11.0. The van der Waals surface area contributed by atoms with Crippen molar-refractivity contribution in [3.8, 4) is 0 Å². The molecule has 0 saturated heterocycles. The van der Waals surface area contributed by atoms with E-state index < -0.39 is 11.3 Å². The summed E-state index contributed by atoms with van der Waals surface area (Å²) >= 11 is 5.29. The Morgan fingerprint density at radius 3 is 2.80 bits per heavy atom. The van der Waals surface area contributed by atoms with E-state index in [1.54, 1.807) is 25.1 Å². The van der Waals surface area contributed by atoms with Gasteiger partial charge in [0.1, 0.15) is 0 Å². The summed E-state index contributed by atoms with van der Waals surface area (Å²) in [7, 11) is 0. The van der Waals surface area contributed by atoms with Crippen LogP contribution in [-0.4, -0.2) is 17.9 Å². The summed E-state index contributed by atoms with van der Waals surface area (Å²) in [4.78, 5) is 21.9. The van der Waals surface area contributed by atoms with E-state index >= 15 is 0 Å². The fraction of sp³-hybridized carbons (Fsp3) is 0.200. The van der Waals surface area contributed by atoms with Crippen molar-refractivity contribution < 1.29 is 14.3 Å². The van der Waals surface area contributed by atoms with Gasteiger partial charge < -0.3 is 4.74 Å². The maximum atomic E-state index is 11.0. The van der Waals surface area contributed by atoms with Crippen molar-refractivity contribution in [2.24, 2.45) is 0 Å². The summed E-state index contributed by atoms with van der Waals surface area (Å²) in [6, 6.07) is 6.30. The topological polar surface area (TPSA) is 55.4 Å². The number of amides is 1. The van der Waals surface area contributed by atoms with Gasteiger partial charge in [-0.3, -0.25) is 10.1 Å². The molecule has 80 valence electrons. The molecule has 1 aromatic carbocycles. The number of carbonyl (C=O) groups excluding carboxylic acids is 2. The van der Waals surface area contributed by atoms with Crippen molar-refractivity contribution in [1.82, 2.24) is 0 Å². The first-order valence-corrected chi connectivity index (χ1v) is 4.75. The van der Waals surface area contributed by atoms with E-state index in [-0.39, 0.29) is 0 Å². The van der Waals surface area contributed by atoms with Crippen LogP contribution in [0.1, 0.15) is 17.3 Å². The van der Waals surface area contributed by atoms with E-state index in [1.807, 2.05) is 0 Å². The van der Waals surface area contributed by atoms with Gasteiger partial charge in [-0.15, -0.1) is 0 Å². The summed E-state index contributed by atoms with van der Waals surface area (Å²) in [5, 5.41) is 1.90. The first kappa shape index (κ1) is 11.5. The summed E-state index contributed by atoms with van der Waals surface area (Å²) < 4.78 is 4.68. The quantitative estimate of drug-likeness (QED) is 0.808. The monoisotopic (exact) mass is 227 g/mol. The molecule has 0 radical (unpaired) electrons. The molecule has 1 N–H and O–H groups in total. The Morgan fingerprint density at radius 2 is 2.20 bits per heavy atom. The zero-order valence-corrected chi connectivity index (χ0v) is 8.88. The van der Waals surface area contributed by atoms with Crippen molar-refractivity contribution in [1.29, 1.82) is 0 Å². The normalized spacial score (nSPS) is 9.47. The van der Waals surface area contributed by atoms with E-state index in [1.165, 1.54) is 6.07 Å². The second-order valence-electron chi connectivity index (χ2n) is 2.70. The molecule has 0 unspecified atom stereocenters. The summed E-state index contributed by atoms with van der Waals surface area (Å²) in [6.45, 7) is 2.00. The molecule has 0 aliphatic rings. The standard InChI is InChI=1S/C10H10ClNO3/c1-2-15-10(14)12-8-5-3-4-7(6-8)9(11)13/h3-6H,2H2,1H3,(H,12,14). The highest BCUT2D eigenvalue weighted by Gasteiger charge is 2.05. The molecule has 0 saturated carbocycles. The molecule has 5 heteroatoms. The number of anilines is 1. The molecule has 0 atom stereocenters. The molecule has 0 fully saturated rings. The number of ether oxygens (including phenoxy) is 1. The molecule has 15 heavy (non-hydrogen) atoms. The molecule has 0 bridgehead atoms. The predicted molar refractivity (Wildman–Crippen MR) is 57.3 cm³/mol. The average molecular weight is 228 g/mol. The lowest BCUT2D eigenvalue weighted by atomic mass is 10.2. The minimum atomic E-state index is -0.567. The van der Waals surface area contributed by atoms with Gasteiger partial charge in [-0.1, -0.05) is 6.07 Å². The third-order valence-corrected chi connectivity index (χ3v) is 1.83. The number of hydrogen-bond donors (Lipinski definition) is 1. The zero-order valence-electron chi connectivity index (χ0n) is 8.12. The van der Waals surface area contributed by atoms with Crippen LogP contribution in [0, 0.1) is 0 Å². The number of hydrogen-bond acceptors (Lipinski definition) is 3. The molecule has 0 aliphatic carbocycles. The third kappa shape index (κ3) is 3.59. The number of carbonyl (C=O) groups is 2. The molecular formula is C10H10ClNO3. The van der Waals surface area contributed by atoms with Crippen LogP contribution in [0.4, 0.5) is 10.5 Å². The first-order valence-electron chi connectivity index (χ1n) is 4.37. The van der Waals surface area contributed by atoms with E-state index in [0.717, 1.165) is 0 Å². The molecule has 0 aromatic heterocycles. The van der Waals surface area contributed by atoms with Crippen LogP contribution >= 0.6 is 11.6 Å². The SMILES string of the molecule is CCOC(=O)Nc1cccc(C(=O)Cl)c1. The predicted octanol–water partition coefficient (Wildman–Crippen LogP) is 2.63. The smallest absolute Gasteiger partial charge is 0.411 e. The highest BCUT2D eigenvalue weighted by atomic mass is 35.5. The van der Waals surface area contributed by atoms with Gasteiger partial charge in [0.05, 0.1) is 6.61 Å². The molecule has 1 rings (SSSR count). The van der Waals surface area contributed by atoms with Crippen molar-refractivity contribution in [2.75, 3.05) is 11.9 Å². The second kappa shape index (κ2) is 5.36. The van der Waals surface area contributed by atoms with Gasteiger partial charge in [0.15, 0.2) is 0 Å². The minimum absolute atomic E-state index is 0.292. The van der Waals surface area contributed by atoms with Crippen LogP contribution in [0.3, 0.4) is 0 Å². The average Bonchev–Trinajstić information content (AvgIpc) is 2.18. The van der Waals surface area contributed by atoms with E-state index in [2.05, 4.69) is 10.1 Å². The van der Waals surface area contributed by atoms with Gasteiger partial charge >= 0.3 is 6.09 Å². The van der Waals surface area contributed by atoms with Gasteiger partial charge in [-0.25, -0.2) is 4.79 Å². The Kier molecular flexibility index (Phi) is 4.12. The van der Waals surface area contributed by atoms with Crippen LogP contribution in [0.25, 0.3) is 0 Å². The lowest BCUT2D eigenvalue weighted by Gasteiger charge is -2.05. The number of rotatable bonds is 3. The van der Waals surface area contributed by atoms with Crippen LogP contribution < -0.4 is 5.32 Å². The molecule has 0 spiro atoms. The highest BCUT2D eigenvalue weighted by molar-refractivity contribution is 6.67. The van der Waals surface area contributed by atoms with E-state index in [4.69, 9.17) is 11.6 Å². The Balaban J connectivity index is 2.73. The number of nitrogens with one attached hydrogen (secondary N) is 1. The summed E-state index contributed by atoms with van der Waals surface area (Å²) in [5.41, 5.74) is 0.797. The number of halogens is 1. The van der Waals surface area contributed by atoms with Crippen molar-refractivity contribution in [3.63, 3.8) is 0 Å². The Labute approximate surface area is 92.2 Å². The van der Waals surface area contributed by atoms with Crippen molar-refractivity contribution in [3.05, 3.63) is 29.8 Å². The summed E-state index contributed by atoms with van der Waals surface area (Å²) in [6.07, 6.45) is -0.559. The fourth-order valence-corrected chi connectivity index (χ4v) is 1.12. The van der Waals surface area contributed by atoms with Crippen LogP contribution in [0.2, 0.25) is 0 Å². The molecule has 1 amide bonds. The summed E-state index contributed by atoms with van der Waals surface area (Å²) in [5.74, 6) is 0. The Morgan fingerprint density at radius 1 is 1.47 bits per heavy atom. The minimum Gasteiger partial charge on any atom is -0.450 e. The third-order valence-electron chi connectivity index (χ3n) is 1.61. The fourth-order valence-electron chi connectivity index (χ4n) is 1.00. The van der Waals surface area contributed by atoms with Gasteiger partial charge in [-0.05, 0) is 36.7 Å². The van der Waals surface area contributed by atoms with Gasteiger partial charge in [0.2, 0.25) is 0 Å². The van der Waals surface area contributed by atoms with Crippen LogP contribution in [0.15, 0.2) is 24.3 Å². The Hall–Kier alpha value is -1.55. The molecular weight excluding hydrogens is 218 g/mol. The van der Waals surface area contributed by atoms with Crippen LogP contribution in [0.5, 0.6) is 0 Å². The lowest BCUT2D eigenvalue weighted by molar-refractivity contribution is 0.108. The Bertz CT molecular complexity index is 379. The van der Waals surface area contributed by atoms with E-state index in [9.17, 15) is 9.59 Å². The second-order valence-corrected chi connectivity index (χ2v) is 3.04. The number of benzene rings is 1.